The maximum absolute atomic E-state index is 13.4. The molecule has 4 aliphatic heterocycles. The van der Waals surface area contributed by atoms with Gasteiger partial charge < -0.3 is 58.0 Å². The average molecular weight is 589 g/mol. The molecular weight excluding hydrogens is 556 g/mol. The lowest BCUT2D eigenvalue weighted by Crippen LogP contribution is -2.63. The molecule has 0 bridgehead atoms. The molecule has 3 fully saturated rings. The molecule has 4 heterocycles. The molecule has 10 atom stereocenters. The van der Waals surface area contributed by atoms with Crippen molar-refractivity contribution in [3.63, 3.8) is 0 Å². The van der Waals surface area contributed by atoms with Gasteiger partial charge in [0.2, 0.25) is 12.5 Å². The van der Waals surface area contributed by atoms with E-state index in [9.17, 15) is 20.1 Å². The van der Waals surface area contributed by atoms with Crippen molar-refractivity contribution in [2.75, 3.05) is 34.2 Å². The number of methoxy groups -OCH3 is 2. The van der Waals surface area contributed by atoms with Crippen LogP contribution >= 0.6 is 0 Å². The third-order valence-corrected chi connectivity index (χ3v) is 8.75. The zero-order chi connectivity index (χ0) is 29.3. The van der Waals surface area contributed by atoms with E-state index in [0.717, 1.165) is 0 Å². The number of phenolic OH excluding ortho intramolecular Hbond substituents is 1. The molecule has 3 saturated heterocycles. The summed E-state index contributed by atoms with van der Waals surface area (Å²) < 4.78 is 51.5. The molecule has 13 heteroatoms. The quantitative estimate of drug-likeness (QED) is 0.430. The topological polar surface area (TPSA) is 161 Å². The normalized spacial score (nSPS) is 36.5. The number of carbonyl (C=O) groups is 1. The van der Waals surface area contributed by atoms with E-state index in [1.54, 1.807) is 31.2 Å². The molecule has 0 saturated carbocycles. The number of aliphatic hydroxyl groups excluding tert-OH is 2. The van der Waals surface area contributed by atoms with Gasteiger partial charge in [0.1, 0.15) is 24.4 Å². The molecule has 0 aromatic heterocycles. The Balaban J connectivity index is 1.32. The van der Waals surface area contributed by atoms with E-state index in [0.29, 0.717) is 28.2 Å². The van der Waals surface area contributed by atoms with Gasteiger partial charge in [0.25, 0.3) is 0 Å². The van der Waals surface area contributed by atoms with E-state index in [1.807, 2.05) is 0 Å². The number of ether oxygens (including phenoxy) is 9. The smallest absolute Gasteiger partial charge is 0.310 e. The number of aliphatic hydroxyl groups is 2. The Bertz CT molecular complexity index is 1350. The van der Waals surface area contributed by atoms with Crippen molar-refractivity contribution in [1.82, 2.24) is 0 Å². The highest BCUT2D eigenvalue weighted by molar-refractivity contribution is 5.79. The molecule has 5 aliphatic rings. The lowest BCUT2D eigenvalue weighted by atomic mass is 9.66. The Hall–Kier alpha value is -3.33. The second-order valence-electron chi connectivity index (χ2n) is 11.0. The van der Waals surface area contributed by atoms with Gasteiger partial charge in [-0.15, -0.1) is 0 Å². The zero-order valence-electron chi connectivity index (χ0n) is 23.1. The SMILES string of the molecule is COc1cc([C@@H]2c3cc4c(cc3[C@H](O[C@@H]3O[C@@H]5CO[C@H](C)O[C@@H]5[C@H](O)[C@H]3O)[C@@H]3COC(=O)[C@H]23)OCO4)cc(OC)c1O. The molecule has 42 heavy (non-hydrogen) atoms. The summed E-state index contributed by atoms with van der Waals surface area (Å²) in [4.78, 5) is 13.4. The maximum atomic E-state index is 13.4. The number of benzene rings is 2. The van der Waals surface area contributed by atoms with Gasteiger partial charge in [0.05, 0.1) is 39.5 Å². The van der Waals surface area contributed by atoms with Gasteiger partial charge in [-0.05, 0) is 47.9 Å². The second kappa shape index (κ2) is 10.4. The van der Waals surface area contributed by atoms with Crippen molar-refractivity contribution < 1.29 is 62.7 Å². The Labute approximate surface area is 240 Å². The summed E-state index contributed by atoms with van der Waals surface area (Å²) in [5.74, 6) is -1.02. The van der Waals surface area contributed by atoms with Crippen LogP contribution < -0.4 is 18.9 Å². The lowest BCUT2D eigenvalue weighted by molar-refractivity contribution is -0.364. The number of fused-ring (bicyclic) bond motifs is 4. The summed E-state index contributed by atoms with van der Waals surface area (Å²) in [5.41, 5.74) is 2.01. The summed E-state index contributed by atoms with van der Waals surface area (Å²) in [7, 11) is 2.86. The summed E-state index contributed by atoms with van der Waals surface area (Å²) in [6.07, 6.45) is -6.80. The molecule has 2 aromatic rings. The Morgan fingerprint density at radius 3 is 2.26 bits per heavy atom. The van der Waals surface area contributed by atoms with E-state index >= 15 is 0 Å². The number of aromatic hydroxyl groups is 1. The highest BCUT2D eigenvalue weighted by Gasteiger charge is 2.56. The van der Waals surface area contributed by atoms with Gasteiger partial charge in [-0.25, -0.2) is 0 Å². The first-order chi connectivity index (χ1) is 20.3. The minimum Gasteiger partial charge on any atom is -0.502 e. The lowest BCUT2D eigenvalue weighted by Gasteiger charge is -2.47. The molecule has 13 nitrogen and oxygen atoms in total. The number of phenols is 1. The standard InChI is InChI=1S/C29H32O13/c1-11-36-9-20-27(40-11)24(31)25(32)29(41-20)42-26-14-7-17-16(38-10-39-17)6-13(14)21(22-15(26)8-37-28(22)33)12-4-18(34-2)23(30)19(5-12)35-3/h4-7,11,15,20-22,24-27,29-32H,8-10H2,1-3H3/t11-,15+,20+,21+,22-,24+,25+,26-,27-,29-/m0/s1. The molecule has 3 N–H and O–H groups in total. The fourth-order valence-corrected chi connectivity index (χ4v) is 6.74. The number of esters is 1. The van der Waals surface area contributed by atoms with Crippen LogP contribution in [0.2, 0.25) is 0 Å². The summed E-state index contributed by atoms with van der Waals surface area (Å²) in [6, 6.07) is 6.93. The summed E-state index contributed by atoms with van der Waals surface area (Å²) >= 11 is 0. The zero-order valence-corrected chi connectivity index (χ0v) is 23.1. The van der Waals surface area contributed by atoms with Crippen molar-refractivity contribution in [2.45, 2.75) is 55.9 Å². The fraction of sp³-hybridized carbons (Fsp3) is 0.552. The second-order valence-corrected chi connectivity index (χ2v) is 11.0. The molecule has 0 amide bonds. The number of rotatable bonds is 5. The Kier molecular flexibility index (Phi) is 6.83. The fourth-order valence-electron chi connectivity index (χ4n) is 6.74. The number of cyclic esters (lactones) is 1. The number of carbonyl (C=O) groups excluding carboxylic acids is 1. The predicted molar refractivity (Wildman–Crippen MR) is 138 cm³/mol. The van der Waals surface area contributed by atoms with E-state index in [4.69, 9.17) is 42.6 Å². The molecule has 0 spiro atoms. The van der Waals surface area contributed by atoms with Crippen LogP contribution in [0.5, 0.6) is 28.7 Å². The van der Waals surface area contributed by atoms with Crippen molar-refractivity contribution >= 4 is 5.97 Å². The van der Waals surface area contributed by atoms with E-state index in [-0.39, 0.29) is 37.3 Å². The Morgan fingerprint density at radius 2 is 1.57 bits per heavy atom. The molecule has 1 aliphatic carbocycles. The molecule has 0 unspecified atom stereocenters. The minimum atomic E-state index is -1.44. The van der Waals surface area contributed by atoms with Crippen LogP contribution in [0.3, 0.4) is 0 Å². The van der Waals surface area contributed by atoms with Crippen molar-refractivity contribution in [2.24, 2.45) is 11.8 Å². The van der Waals surface area contributed by atoms with Crippen LogP contribution in [0.4, 0.5) is 0 Å². The van der Waals surface area contributed by atoms with Crippen molar-refractivity contribution in [3.8, 4) is 28.7 Å². The largest absolute Gasteiger partial charge is 0.502 e. The first kappa shape index (κ1) is 27.5. The van der Waals surface area contributed by atoms with Gasteiger partial charge in [-0.3, -0.25) is 4.79 Å². The third kappa shape index (κ3) is 4.26. The first-order valence-electron chi connectivity index (χ1n) is 13.8. The van der Waals surface area contributed by atoms with Crippen molar-refractivity contribution in [1.29, 1.82) is 0 Å². The van der Waals surface area contributed by atoms with Crippen LogP contribution in [0.25, 0.3) is 0 Å². The van der Waals surface area contributed by atoms with Gasteiger partial charge in [-0.1, -0.05) is 0 Å². The highest BCUT2D eigenvalue weighted by Crippen LogP contribution is 2.57. The van der Waals surface area contributed by atoms with Crippen LogP contribution in [-0.4, -0.2) is 92.5 Å². The van der Waals surface area contributed by atoms with Crippen molar-refractivity contribution in [3.05, 3.63) is 41.0 Å². The monoisotopic (exact) mass is 588 g/mol. The van der Waals surface area contributed by atoms with Gasteiger partial charge >= 0.3 is 5.97 Å². The van der Waals surface area contributed by atoms with Crippen LogP contribution in [-0.2, 0) is 28.5 Å². The molecule has 0 radical (unpaired) electrons. The molecule has 2 aromatic carbocycles. The van der Waals surface area contributed by atoms with Gasteiger partial charge in [0, 0.05) is 11.8 Å². The van der Waals surface area contributed by atoms with Crippen LogP contribution in [0, 0.1) is 11.8 Å². The summed E-state index contributed by atoms with van der Waals surface area (Å²) in [6.45, 7) is 1.93. The number of hydrogen-bond donors (Lipinski definition) is 3. The highest BCUT2D eigenvalue weighted by atomic mass is 16.8. The molecule has 226 valence electrons. The van der Waals surface area contributed by atoms with Crippen LogP contribution in [0.1, 0.15) is 35.6 Å². The number of hydrogen-bond acceptors (Lipinski definition) is 13. The average Bonchev–Trinajstić information content (AvgIpc) is 3.61. The van der Waals surface area contributed by atoms with E-state index in [1.165, 1.54) is 14.2 Å². The van der Waals surface area contributed by atoms with E-state index in [2.05, 4.69) is 0 Å². The van der Waals surface area contributed by atoms with E-state index < -0.39 is 66.8 Å². The van der Waals surface area contributed by atoms with Gasteiger partial charge in [-0.2, -0.15) is 0 Å². The van der Waals surface area contributed by atoms with Crippen LogP contribution in [0.15, 0.2) is 24.3 Å². The third-order valence-electron chi connectivity index (χ3n) is 8.75. The first-order valence-corrected chi connectivity index (χ1v) is 13.8. The Morgan fingerprint density at radius 1 is 0.881 bits per heavy atom. The minimum absolute atomic E-state index is 0.0301. The van der Waals surface area contributed by atoms with Gasteiger partial charge in [0.15, 0.2) is 35.6 Å². The maximum Gasteiger partial charge on any atom is 0.310 e. The molecule has 7 rings (SSSR count). The molecular formula is C29H32O13. The predicted octanol–water partition coefficient (Wildman–Crippen LogP) is 1.34. The summed E-state index contributed by atoms with van der Waals surface area (Å²) in [5, 5.41) is 32.5.